The van der Waals surface area contributed by atoms with Gasteiger partial charge in [0.25, 0.3) is 0 Å². The van der Waals surface area contributed by atoms with Crippen molar-refractivity contribution in [1.82, 2.24) is 0 Å². The van der Waals surface area contributed by atoms with Crippen LogP contribution in [0.4, 0.5) is 0 Å². The van der Waals surface area contributed by atoms with E-state index in [1.807, 2.05) is 36.4 Å². The highest BCUT2D eigenvalue weighted by Gasteiger charge is 2.05. The summed E-state index contributed by atoms with van der Waals surface area (Å²) in [5.41, 5.74) is 1.97. The van der Waals surface area contributed by atoms with Gasteiger partial charge in [0.1, 0.15) is 11.5 Å². The van der Waals surface area contributed by atoms with Crippen molar-refractivity contribution < 1.29 is 10.2 Å². The maximum Gasteiger partial charge on any atom is 0.129 e. The van der Waals surface area contributed by atoms with Crippen LogP contribution in [0.3, 0.4) is 0 Å². The van der Waals surface area contributed by atoms with Crippen molar-refractivity contribution in [1.29, 1.82) is 0 Å². The normalized spacial score (nSPS) is 10.8. The van der Waals surface area contributed by atoms with Crippen molar-refractivity contribution in [3.63, 3.8) is 0 Å². The summed E-state index contributed by atoms with van der Waals surface area (Å²) in [6, 6.07) is 16.5. The van der Waals surface area contributed by atoms with Gasteiger partial charge in [0.15, 0.2) is 0 Å². The molecule has 19 heavy (non-hydrogen) atoms. The first-order valence-corrected chi connectivity index (χ1v) is 6.34. The highest BCUT2D eigenvalue weighted by molar-refractivity contribution is 7.80. The lowest BCUT2D eigenvalue weighted by atomic mass is 10.0. The maximum atomic E-state index is 9.63. The second-order valence-corrected chi connectivity index (χ2v) is 4.87. The van der Waals surface area contributed by atoms with Gasteiger partial charge in [-0.1, -0.05) is 30.3 Å². The average Bonchev–Trinajstić information content (AvgIpc) is 2.43. The van der Waals surface area contributed by atoms with Gasteiger partial charge in [0.2, 0.25) is 0 Å². The number of hydrogen-bond donors (Lipinski definition) is 3. The van der Waals surface area contributed by atoms with E-state index in [1.54, 1.807) is 18.2 Å². The zero-order chi connectivity index (χ0) is 13.4. The van der Waals surface area contributed by atoms with Gasteiger partial charge < -0.3 is 10.2 Å². The Kier molecular flexibility index (Phi) is 2.84. The van der Waals surface area contributed by atoms with Gasteiger partial charge >= 0.3 is 0 Å². The molecule has 0 saturated carbocycles. The Bertz CT molecular complexity index is 766. The molecule has 0 fully saturated rings. The fourth-order valence-corrected chi connectivity index (χ4v) is 2.45. The summed E-state index contributed by atoms with van der Waals surface area (Å²) in [6.07, 6.45) is 0. The molecule has 3 rings (SSSR count). The molecule has 0 aromatic heterocycles. The van der Waals surface area contributed by atoms with Crippen LogP contribution in [0.25, 0.3) is 21.9 Å². The van der Waals surface area contributed by atoms with Crippen LogP contribution in [0.2, 0.25) is 0 Å². The van der Waals surface area contributed by atoms with Gasteiger partial charge in [-0.05, 0) is 46.2 Å². The number of rotatable bonds is 1. The molecule has 3 aromatic carbocycles. The van der Waals surface area contributed by atoms with E-state index < -0.39 is 0 Å². The van der Waals surface area contributed by atoms with Gasteiger partial charge in [-0.3, -0.25) is 0 Å². The van der Waals surface area contributed by atoms with Crippen LogP contribution in [0.1, 0.15) is 0 Å². The largest absolute Gasteiger partial charge is 0.508 e. The van der Waals surface area contributed by atoms with E-state index in [-0.39, 0.29) is 11.5 Å². The number of thiol groups is 1. The zero-order valence-electron chi connectivity index (χ0n) is 10.0. The summed E-state index contributed by atoms with van der Waals surface area (Å²) >= 11 is 4.31. The van der Waals surface area contributed by atoms with E-state index in [0.717, 1.165) is 21.9 Å². The number of aromatic hydroxyl groups is 2. The lowest BCUT2D eigenvalue weighted by Crippen LogP contribution is -1.81. The number of fused-ring (bicyclic) bond motifs is 1. The number of benzene rings is 3. The fraction of sp³-hybridized carbons (Fsp3) is 0. The number of hydrogen-bond acceptors (Lipinski definition) is 3. The molecule has 0 bridgehead atoms. The van der Waals surface area contributed by atoms with Crippen molar-refractivity contribution in [2.45, 2.75) is 4.90 Å². The van der Waals surface area contributed by atoms with Crippen LogP contribution >= 0.6 is 12.6 Å². The monoisotopic (exact) mass is 268 g/mol. The molecule has 2 nitrogen and oxygen atoms in total. The molecule has 2 N–H and O–H groups in total. The predicted molar refractivity (Wildman–Crippen MR) is 80.0 cm³/mol. The Morgan fingerprint density at radius 3 is 2.37 bits per heavy atom. The smallest absolute Gasteiger partial charge is 0.129 e. The third-order valence-electron chi connectivity index (χ3n) is 3.15. The van der Waals surface area contributed by atoms with Crippen LogP contribution in [0.5, 0.6) is 11.5 Å². The lowest BCUT2D eigenvalue weighted by molar-refractivity contribution is 0.464. The second kappa shape index (κ2) is 4.52. The molecule has 3 aromatic rings. The standard InChI is InChI=1S/C16H12O2S/c17-13-3-1-2-10(9-13)11-4-6-14-12(8-11)5-7-15(18)16(14)19/h1-9,17-19H. The number of phenols is 2. The van der Waals surface area contributed by atoms with Crippen LogP contribution in [0.15, 0.2) is 59.5 Å². The Morgan fingerprint density at radius 1 is 0.789 bits per heavy atom. The van der Waals surface area contributed by atoms with E-state index in [0.29, 0.717) is 4.90 Å². The van der Waals surface area contributed by atoms with Crippen LogP contribution in [-0.4, -0.2) is 10.2 Å². The van der Waals surface area contributed by atoms with E-state index in [4.69, 9.17) is 0 Å². The average molecular weight is 268 g/mol. The summed E-state index contributed by atoms with van der Waals surface area (Å²) in [6.45, 7) is 0. The fourth-order valence-electron chi connectivity index (χ4n) is 2.17. The van der Waals surface area contributed by atoms with Crippen molar-refractivity contribution in [3.05, 3.63) is 54.6 Å². The molecular formula is C16H12O2S. The first-order valence-electron chi connectivity index (χ1n) is 5.89. The minimum absolute atomic E-state index is 0.181. The molecule has 0 saturated heterocycles. The molecule has 0 atom stereocenters. The third kappa shape index (κ3) is 2.13. The van der Waals surface area contributed by atoms with Crippen molar-refractivity contribution >= 4 is 23.4 Å². The van der Waals surface area contributed by atoms with Gasteiger partial charge in [-0.25, -0.2) is 0 Å². The molecule has 0 aliphatic rings. The molecule has 0 aliphatic heterocycles. The highest BCUT2D eigenvalue weighted by atomic mass is 32.1. The van der Waals surface area contributed by atoms with Gasteiger partial charge in [-0.2, -0.15) is 0 Å². The first kappa shape index (κ1) is 11.9. The molecule has 0 spiro atoms. The summed E-state index contributed by atoms with van der Waals surface area (Å²) in [5, 5.41) is 21.1. The Morgan fingerprint density at radius 2 is 1.58 bits per heavy atom. The Hall–Kier alpha value is -2.13. The van der Waals surface area contributed by atoms with E-state index >= 15 is 0 Å². The lowest BCUT2D eigenvalue weighted by Gasteiger charge is -2.07. The topological polar surface area (TPSA) is 40.5 Å². The molecule has 0 aliphatic carbocycles. The molecule has 94 valence electrons. The Balaban J connectivity index is 2.20. The van der Waals surface area contributed by atoms with Crippen LogP contribution in [-0.2, 0) is 0 Å². The zero-order valence-corrected chi connectivity index (χ0v) is 10.9. The van der Waals surface area contributed by atoms with Crippen molar-refractivity contribution in [2.24, 2.45) is 0 Å². The van der Waals surface area contributed by atoms with E-state index in [1.165, 1.54) is 0 Å². The summed E-state index contributed by atoms with van der Waals surface area (Å²) in [4.78, 5) is 0.583. The third-order valence-corrected chi connectivity index (χ3v) is 3.62. The number of phenolic OH excluding ortho intramolecular Hbond substituents is 2. The highest BCUT2D eigenvalue weighted by Crippen LogP contribution is 2.33. The minimum Gasteiger partial charge on any atom is -0.508 e. The second-order valence-electron chi connectivity index (χ2n) is 4.42. The van der Waals surface area contributed by atoms with Crippen LogP contribution in [0, 0.1) is 0 Å². The van der Waals surface area contributed by atoms with Gasteiger partial charge in [0, 0.05) is 0 Å². The molecule has 0 heterocycles. The van der Waals surface area contributed by atoms with Crippen molar-refractivity contribution in [2.75, 3.05) is 0 Å². The van der Waals surface area contributed by atoms with Gasteiger partial charge in [-0.15, -0.1) is 12.6 Å². The summed E-state index contributed by atoms with van der Waals surface area (Å²) in [5.74, 6) is 0.430. The summed E-state index contributed by atoms with van der Waals surface area (Å²) < 4.78 is 0. The van der Waals surface area contributed by atoms with E-state index in [2.05, 4.69) is 12.6 Å². The molecule has 0 radical (unpaired) electrons. The quantitative estimate of drug-likeness (QED) is 0.579. The SMILES string of the molecule is Oc1cccc(-c2ccc3c(S)c(O)ccc3c2)c1. The molecule has 0 amide bonds. The molecular weight excluding hydrogens is 256 g/mol. The van der Waals surface area contributed by atoms with Crippen molar-refractivity contribution in [3.8, 4) is 22.6 Å². The maximum absolute atomic E-state index is 9.63. The molecule has 0 unspecified atom stereocenters. The minimum atomic E-state index is 0.181. The first-order chi connectivity index (χ1) is 9.15. The molecule has 3 heteroatoms. The van der Waals surface area contributed by atoms with E-state index in [9.17, 15) is 10.2 Å². The summed E-state index contributed by atoms with van der Waals surface area (Å²) in [7, 11) is 0. The van der Waals surface area contributed by atoms with Gasteiger partial charge in [0.05, 0.1) is 4.90 Å². The predicted octanol–water partition coefficient (Wildman–Crippen LogP) is 4.21. The van der Waals surface area contributed by atoms with Crippen LogP contribution < -0.4 is 0 Å². The Labute approximate surface area is 116 Å².